The number of hydrogen-bond acceptors (Lipinski definition) is 4. The maximum Gasteiger partial charge on any atom is 0.244 e. The van der Waals surface area contributed by atoms with Gasteiger partial charge in [-0.05, 0) is 25.0 Å². The van der Waals surface area contributed by atoms with Crippen molar-refractivity contribution in [2.24, 2.45) is 0 Å². The number of aliphatic hydroxyl groups excluding tert-OH is 1. The summed E-state index contributed by atoms with van der Waals surface area (Å²) in [5.74, 6) is 0. The summed E-state index contributed by atoms with van der Waals surface area (Å²) >= 11 is 0. The maximum atomic E-state index is 12.5. The van der Waals surface area contributed by atoms with Gasteiger partial charge in [-0.15, -0.1) is 0 Å². The normalized spacial score (nSPS) is 20.6. The zero-order valence-electron chi connectivity index (χ0n) is 12.7. The average molecular weight is 312 g/mol. The Bertz CT molecular complexity index is 572. The number of para-hydroxylation sites is 1. The summed E-state index contributed by atoms with van der Waals surface area (Å²) in [6, 6.07) is 7.06. The average Bonchev–Trinajstić information content (AvgIpc) is 2.72. The third-order valence-corrected chi connectivity index (χ3v) is 5.88. The van der Waals surface area contributed by atoms with Crippen LogP contribution in [0.3, 0.4) is 0 Å². The number of aliphatic hydroxyl groups is 1. The molecule has 1 aromatic rings. The number of sulfonamides is 1. The van der Waals surface area contributed by atoms with Crippen molar-refractivity contribution in [3.63, 3.8) is 0 Å². The molecule has 0 bridgehead atoms. The second-order valence-corrected chi connectivity index (χ2v) is 7.75. The lowest BCUT2D eigenvalue weighted by molar-refractivity contribution is 0.254. The van der Waals surface area contributed by atoms with Crippen molar-refractivity contribution in [3.8, 4) is 0 Å². The lowest BCUT2D eigenvalue weighted by Gasteiger charge is -2.32. The van der Waals surface area contributed by atoms with E-state index in [9.17, 15) is 13.5 Å². The first kappa shape index (κ1) is 16.3. The van der Waals surface area contributed by atoms with E-state index in [1.165, 1.54) is 18.4 Å². The lowest BCUT2D eigenvalue weighted by Crippen LogP contribution is -2.39. The Morgan fingerprint density at radius 1 is 1.24 bits per heavy atom. The van der Waals surface area contributed by atoms with Gasteiger partial charge in [-0.3, -0.25) is 0 Å². The van der Waals surface area contributed by atoms with Crippen molar-refractivity contribution in [3.05, 3.63) is 24.3 Å². The Kier molecular flexibility index (Phi) is 5.24. The molecule has 1 aromatic carbocycles. The van der Waals surface area contributed by atoms with Crippen LogP contribution in [0.15, 0.2) is 29.2 Å². The first-order valence-electron chi connectivity index (χ1n) is 7.37. The Balaban J connectivity index is 2.48. The Morgan fingerprint density at radius 2 is 1.95 bits per heavy atom. The predicted molar refractivity (Wildman–Crippen MR) is 84.0 cm³/mol. The van der Waals surface area contributed by atoms with E-state index in [-0.39, 0.29) is 12.6 Å². The van der Waals surface area contributed by atoms with Crippen molar-refractivity contribution < 1.29 is 13.5 Å². The highest BCUT2D eigenvalue weighted by Gasteiger charge is 2.27. The molecular weight excluding hydrogens is 288 g/mol. The van der Waals surface area contributed by atoms with Crippen LogP contribution in [0.2, 0.25) is 0 Å². The first-order valence-corrected chi connectivity index (χ1v) is 8.81. The Morgan fingerprint density at radius 3 is 2.62 bits per heavy atom. The van der Waals surface area contributed by atoms with Crippen molar-refractivity contribution in [2.45, 2.75) is 36.6 Å². The highest BCUT2D eigenvalue weighted by atomic mass is 32.2. The van der Waals surface area contributed by atoms with Gasteiger partial charge in [0, 0.05) is 20.6 Å². The van der Waals surface area contributed by atoms with Crippen LogP contribution in [0, 0.1) is 0 Å². The molecular formula is C15H24N2O3S. The molecule has 1 heterocycles. The van der Waals surface area contributed by atoms with Crippen LogP contribution in [-0.2, 0) is 10.0 Å². The van der Waals surface area contributed by atoms with Gasteiger partial charge in [0.25, 0.3) is 0 Å². The van der Waals surface area contributed by atoms with Gasteiger partial charge in [-0.25, -0.2) is 12.7 Å². The molecule has 1 N–H and O–H groups in total. The molecule has 1 saturated heterocycles. The van der Waals surface area contributed by atoms with Crippen molar-refractivity contribution in [1.82, 2.24) is 4.31 Å². The fourth-order valence-corrected chi connectivity index (χ4v) is 3.89. The molecule has 6 heteroatoms. The summed E-state index contributed by atoms with van der Waals surface area (Å²) < 4.78 is 26.3. The monoisotopic (exact) mass is 312 g/mol. The SMILES string of the molecule is CN(C)S(=O)(=O)c1ccccc1N1CCCCCC1CO. The minimum absolute atomic E-state index is 0.00832. The number of anilines is 1. The molecule has 0 radical (unpaired) electrons. The van der Waals surface area contributed by atoms with Gasteiger partial charge in [0.1, 0.15) is 4.90 Å². The smallest absolute Gasteiger partial charge is 0.244 e. The molecule has 0 aromatic heterocycles. The van der Waals surface area contributed by atoms with Crippen LogP contribution in [0.25, 0.3) is 0 Å². The van der Waals surface area contributed by atoms with Crippen LogP contribution in [0.5, 0.6) is 0 Å². The van der Waals surface area contributed by atoms with E-state index < -0.39 is 10.0 Å². The Labute approximate surface area is 127 Å². The molecule has 5 nitrogen and oxygen atoms in total. The highest BCUT2D eigenvalue weighted by molar-refractivity contribution is 7.89. The molecule has 1 aliphatic heterocycles. The molecule has 0 aliphatic carbocycles. The van der Waals surface area contributed by atoms with Gasteiger partial charge in [0.2, 0.25) is 10.0 Å². The van der Waals surface area contributed by atoms with Gasteiger partial charge in [-0.2, -0.15) is 0 Å². The number of rotatable bonds is 4. The van der Waals surface area contributed by atoms with Crippen LogP contribution >= 0.6 is 0 Å². The van der Waals surface area contributed by atoms with E-state index in [0.717, 1.165) is 32.2 Å². The van der Waals surface area contributed by atoms with Crippen LogP contribution in [0.4, 0.5) is 5.69 Å². The maximum absolute atomic E-state index is 12.5. The molecule has 1 unspecified atom stereocenters. The zero-order valence-corrected chi connectivity index (χ0v) is 13.5. The summed E-state index contributed by atoms with van der Waals surface area (Å²) in [5.41, 5.74) is 0.701. The van der Waals surface area contributed by atoms with Gasteiger partial charge in [0.05, 0.1) is 18.3 Å². The van der Waals surface area contributed by atoms with E-state index in [4.69, 9.17) is 0 Å². The van der Waals surface area contributed by atoms with Crippen molar-refractivity contribution in [2.75, 3.05) is 32.1 Å². The van der Waals surface area contributed by atoms with E-state index in [2.05, 4.69) is 4.90 Å². The van der Waals surface area contributed by atoms with E-state index in [0.29, 0.717) is 10.6 Å². The molecule has 21 heavy (non-hydrogen) atoms. The molecule has 1 aliphatic rings. The predicted octanol–water partition coefficient (Wildman–Crippen LogP) is 1.68. The quantitative estimate of drug-likeness (QED) is 0.919. The highest BCUT2D eigenvalue weighted by Crippen LogP contribution is 2.31. The van der Waals surface area contributed by atoms with Gasteiger partial charge in [-0.1, -0.05) is 25.0 Å². The van der Waals surface area contributed by atoms with Gasteiger partial charge in [0.15, 0.2) is 0 Å². The third-order valence-electron chi connectivity index (χ3n) is 4.02. The van der Waals surface area contributed by atoms with Crippen LogP contribution in [-0.4, -0.2) is 51.1 Å². The summed E-state index contributed by atoms with van der Waals surface area (Å²) in [6.07, 6.45) is 4.11. The van der Waals surface area contributed by atoms with E-state index in [1.54, 1.807) is 12.1 Å². The summed E-state index contributed by atoms with van der Waals surface area (Å²) in [6.45, 7) is 0.835. The zero-order chi connectivity index (χ0) is 15.5. The lowest BCUT2D eigenvalue weighted by atomic mass is 10.1. The van der Waals surface area contributed by atoms with Crippen molar-refractivity contribution in [1.29, 1.82) is 0 Å². The largest absolute Gasteiger partial charge is 0.394 e. The molecule has 118 valence electrons. The van der Waals surface area contributed by atoms with Crippen molar-refractivity contribution >= 4 is 15.7 Å². The molecule has 2 rings (SSSR count). The van der Waals surface area contributed by atoms with Gasteiger partial charge >= 0.3 is 0 Å². The second kappa shape index (κ2) is 6.77. The number of benzene rings is 1. The summed E-state index contributed by atoms with van der Waals surface area (Å²) in [4.78, 5) is 2.37. The topological polar surface area (TPSA) is 60.9 Å². The van der Waals surface area contributed by atoms with E-state index in [1.807, 2.05) is 12.1 Å². The minimum Gasteiger partial charge on any atom is -0.394 e. The fraction of sp³-hybridized carbons (Fsp3) is 0.600. The number of nitrogens with zero attached hydrogens (tertiary/aromatic N) is 2. The summed E-state index contributed by atoms with van der Waals surface area (Å²) in [7, 11) is -0.411. The summed E-state index contributed by atoms with van der Waals surface area (Å²) in [5, 5.41) is 9.65. The van der Waals surface area contributed by atoms with Crippen LogP contribution < -0.4 is 4.90 Å². The molecule has 0 amide bonds. The first-order chi connectivity index (χ1) is 9.98. The fourth-order valence-electron chi connectivity index (χ4n) is 2.79. The Hall–Kier alpha value is -1.11. The second-order valence-electron chi connectivity index (χ2n) is 5.63. The standard InChI is InChI=1S/C15H24N2O3S/c1-16(2)21(19,20)15-10-6-5-9-14(15)17-11-7-3-4-8-13(17)12-18/h5-6,9-10,13,18H,3-4,7-8,11-12H2,1-2H3. The molecule has 1 fully saturated rings. The molecule has 0 saturated carbocycles. The minimum atomic E-state index is -3.49. The third kappa shape index (κ3) is 3.39. The molecule has 0 spiro atoms. The molecule has 1 atom stereocenters. The van der Waals surface area contributed by atoms with Crippen LogP contribution in [0.1, 0.15) is 25.7 Å². The van der Waals surface area contributed by atoms with E-state index >= 15 is 0 Å². The number of hydrogen-bond donors (Lipinski definition) is 1. The van der Waals surface area contributed by atoms with Gasteiger partial charge < -0.3 is 10.0 Å².